The van der Waals surface area contributed by atoms with Crippen molar-refractivity contribution in [3.8, 4) is 0 Å². The standard InChI is InChI=1S/C14H31N/c1-5-9-13(10-8-11-15)14(7-3)12(4)6-2/h12-14H,5-11,15H2,1-4H3. The van der Waals surface area contributed by atoms with E-state index in [9.17, 15) is 0 Å². The monoisotopic (exact) mass is 213 g/mol. The van der Waals surface area contributed by atoms with Crippen LogP contribution in [0.3, 0.4) is 0 Å². The molecule has 0 heterocycles. The van der Waals surface area contributed by atoms with Crippen molar-refractivity contribution in [2.24, 2.45) is 23.5 Å². The molecule has 0 saturated heterocycles. The maximum absolute atomic E-state index is 5.62. The molecule has 0 bridgehead atoms. The first-order chi connectivity index (χ1) is 7.21. The van der Waals surface area contributed by atoms with Crippen LogP contribution < -0.4 is 5.73 Å². The lowest BCUT2D eigenvalue weighted by atomic mass is 9.75. The van der Waals surface area contributed by atoms with Crippen LogP contribution >= 0.6 is 0 Å². The first-order valence-electron chi connectivity index (χ1n) is 6.91. The van der Waals surface area contributed by atoms with Crippen LogP contribution in [0.25, 0.3) is 0 Å². The smallest absolute Gasteiger partial charge is 0.00772 e. The molecule has 0 saturated carbocycles. The van der Waals surface area contributed by atoms with E-state index in [4.69, 9.17) is 5.73 Å². The molecule has 3 atom stereocenters. The normalized spacial score (nSPS) is 17.4. The topological polar surface area (TPSA) is 26.0 Å². The molecule has 3 unspecified atom stereocenters. The van der Waals surface area contributed by atoms with Gasteiger partial charge >= 0.3 is 0 Å². The molecule has 1 heteroatoms. The Labute approximate surface area is 96.8 Å². The van der Waals surface area contributed by atoms with Gasteiger partial charge in [-0.1, -0.05) is 53.4 Å². The SMILES string of the molecule is CCCC(CCCN)C(CC)C(C)CC. The van der Waals surface area contributed by atoms with Crippen molar-refractivity contribution in [2.75, 3.05) is 6.54 Å². The molecule has 0 amide bonds. The Bertz CT molecular complexity index is 133. The summed E-state index contributed by atoms with van der Waals surface area (Å²) in [5.74, 6) is 2.71. The third kappa shape index (κ3) is 5.55. The molecule has 0 aromatic rings. The van der Waals surface area contributed by atoms with E-state index < -0.39 is 0 Å². The Balaban J connectivity index is 4.25. The van der Waals surface area contributed by atoms with E-state index in [2.05, 4.69) is 27.7 Å². The van der Waals surface area contributed by atoms with Crippen LogP contribution in [0.5, 0.6) is 0 Å². The van der Waals surface area contributed by atoms with Gasteiger partial charge in [0.2, 0.25) is 0 Å². The quantitative estimate of drug-likeness (QED) is 0.610. The second kappa shape index (κ2) is 9.21. The van der Waals surface area contributed by atoms with Gasteiger partial charge < -0.3 is 5.73 Å². The highest BCUT2D eigenvalue weighted by Gasteiger charge is 2.23. The van der Waals surface area contributed by atoms with E-state index in [1.807, 2.05) is 0 Å². The summed E-state index contributed by atoms with van der Waals surface area (Å²) in [5.41, 5.74) is 5.62. The molecule has 92 valence electrons. The third-order valence-electron chi connectivity index (χ3n) is 3.89. The van der Waals surface area contributed by atoms with Crippen LogP contribution in [-0.4, -0.2) is 6.54 Å². The van der Waals surface area contributed by atoms with Gasteiger partial charge in [-0.25, -0.2) is 0 Å². The predicted molar refractivity (Wildman–Crippen MR) is 69.9 cm³/mol. The molecule has 0 radical (unpaired) electrons. The molecule has 0 aliphatic rings. The second-order valence-electron chi connectivity index (χ2n) is 4.94. The van der Waals surface area contributed by atoms with Gasteiger partial charge in [-0.15, -0.1) is 0 Å². The molecule has 2 N–H and O–H groups in total. The van der Waals surface area contributed by atoms with Crippen molar-refractivity contribution in [3.63, 3.8) is 0 Å². The minimum atomic E-state index is 0.858. The Morgan fingerprint density at radius 2 is 1.67 bits per heavy atom. The Kier molecular flexibility index (Phi) is 9.18. The highest BCUT2D eigenvalue weighted by molar-refractivity contribution is 4.73. The fourth-order valence-electron chi connectivity index (χ4n) is 2.83. The van der Waals surface area contributed by atoms with Crippen LogP contribution in [0, 0.1) is 17.8 Å². The number of nitrogens with two attached hydrogens (primary N) is 1. The van der Waals surface area contributed by atoms with Gasteiger partial charge in [-0.05, 0) is 37.1 Å². The van der Waals surface area contributed by atoms with E-state index in [-0.39, 0.29) is 0 Å². The summed E-state index contributed by atoms with van der Waals surface area (Å²) in [6.45, 7) is 10.2. The van der Waals surface area contributed by atoms with Gasteiger partial charge in [0.15, 0.2) is 0 Å². The van der Waals surface area contributed by atoms with Gasteiger partial charge in [-0.3, -0.25) is 0 Å². The van der Waals surface area contributed by atoms with Gasteiger partial charge in [0.25, 0.3) is 0 Å². The second-order valence-corrected chi connectivity index (χ2v) is 4.94. The molecule has 0 aromatic carbocycles. The van der Waals surface area contributed by atoms with Crippen molar-refractivity contribution in [3.05, 3.63) is 0 Å². The van der Waals surface area contributed by atoms with Gasteiger partial charge in [-0.2, -0.15) is 0 Å². The summed E-state index contributed by atoms with van der Waals surface area (Å²) in [4.78, 5) is 0. The summed E-state index contributed by atoms with van der Waals surface area (Å²) in [6.07, 6.45) is 7.92. The van der Waals surface area contributed by atoms with Crippen molar-refractivity contribution >= 4 is 0 Å². The summed E-state index contributed by atoms with van der Waals surface area (Å²) in [5, 5.41) is 0. The summed E-state index contributed by atoms with van der Waals surface area (Å²) in [7, 11) is 0. The van der Waals surface area contributed by atoms with Crippen molar-refractivity contribution < 1.29 is 0 Å². The number of hydrogen-bond donors (Lipinski definition) is 1. The fraction of sp³-hybridized carbons (Fsp3) is 1.00. The van der Waals surface area contributed by atoms with Crippen LogP contribution in [0.2, 0.25) is 0 Å². The summed E-state index contributed by atoms with van der Waals surface area (Å²) in [6, 6.07) is 0. The van der Waals surface area contributed by atoms with E-state index in [0.29, 0.717) is 0 Å². The Morgan fingerprint density at radius 1 is 1.00 bits per heavy atom. The highest BCUT2D eigenvalue weighted by atomic mass is 14.5. The first-order valence-corrected chi connectivity index (χ1v) is 6.91. The van der Waals surface area contributed by atoms with Crippen LogP contribution in [0.4, 0.5) is 0 Å². The van der Waals surface area contributed by atoms with Crippen LogP contribution in [0.15, 0.2) is 0 Å². The van der Waals surface area contributed by atoms with Crippen molar-refractivity contribution in [1.29, 1.82) is 0 Å². The lowest BCUT2D eigenvalue weighted by Crippen LogP contribution is -2.22. The molecule has 0 aliphatic heterocycles. The lowest BCUT2D eigenvalue weighted by molar-refractivity contribution is 0.200. The van der Waals surface area contributed by atoms with Gasteiger partial charge in [0.05, 0.1) is 0 Å². The van der Waals surface area contributed by atoms with E-state index in [1.54, 1.807) is 0 Å². The average Bonchev–Trinajstić information content (AvgIpc) is 2.26. The van der Waals surface area contributed by atoms with Crippen LogP contribution in [-0.2, 0) is 0 Å². The summed E-state index contributed by atoms with van der Waals surface area (Å²) >= 11 is 0. The Morgan fingerprint density at radius 3 is 2.07 bits per heavy atom. The molecular formula is C14H31N. The minimum absolute atomic E-state index is 0.858. The summed E-state index contributed by atoms with van der Waals surface area (Å²) < 4.78 is 0. The maximum Gasteiger partial charge on any atom is -0.00772 e. The zero-order valence-electron chi connectivity index (χ0n) is 11.3. The number of rotatable bonds is 9. The van der Waals surface area contributed by atoms with Crippen molar-refractivity contribution in [1.82, 2.24) is 0 Å². The van der Waals surface area contributed by atoms with E-state index in [0.717, 1.165) is 24.3 Å². The van der Waals surface area contributed by atoms with E-state index in [1.165, 1.54) is 38.5 Å². The Hall–Kier alpha value is -0.0400. The lowest BCUT2D eigenvalue weighted by Gasteiger charge is -2.30. The molecule has 0 aliphatic carbocycles. The number of hydrogen-bond acceptors (Lipinski definition) is 1. The first kappa shape index (κ1) is 15.0. The maximum atomic E-state index is 5.62. The zero-order valence-corrected chi connectivity index (χ0v) is 11.3. The molecule has 0 aromatic heterocycles. The molecule has 15 heavy (non-hydrogen) atoms. The highest BCUT2D eigenvalue weighted by Crippen LogP contribution is 2.32. The van der Waals surface area contributed by atoms with E-state index >= 15 is 0 Å². The van der Waals surface area contributed by atoms with Crippen LogP contribution in [0.1, 0.15) is 66.2 Å². The molecule has 0 fully saturated rings. The van der Waals surface area contributed by atoms with Crippen molar-refractivity contribution in [2.45, 2.75) is 66.2 Å². The molecule has 1 nitrogen and oxygen atoms in total. The van der Waals surface area contributed by atoms with Gasteiger partial charge in [0.1, 0.15) is 0 Å². The molecule has 0 rings (SSSR count). The zero-order chi connectivity index (χ0) is 11.7. The third-order valence-corrected chi connectivity index (χ3v) is 3.89. The fourth-order valence-corrected chi connectivity index (χ4v) is 2.83. The largest absolute Gasteiger partial charge is 0.330 e. The average molecular weight is 213 g/mol. The molecular weight excluding hydrogens is 182 g/mol. The predicted octanol–water partition coefficient (Wildman–Crippen LogP) is 4.21. The minimum Gasteiger partial charge on any atom is -0.330 e. The van der Waals surface area contributed by atoms with Gasteiger partial charge in [0, 0.05) is 0 Å². The molecule has 0 spiro atoms.